The van der Waals surface area contributed by atoms with Crippen LogP contribution in [0.5, 0.6) is 11.5 Å². The molecule has 0 fully saturated rings. The van der Waals surface area contributed by atoms with Crippen molar-refractivity contribution in [2.75, 3.05) is 11.5 Å². The third-order valence-electron chi connectivity index (χ3n) is 3.38. The second kappa shape index (κ2) is 5.38. The Morgan fingerprint density at radius 3 is 2.52 bits per heavy atom. The summed E-state index contributed by atoms with van der Waals surface area (Å²) in [5.74, 6) is 1.42. The molecule has 0 unspecified atom stereocenters. The molecule has 0 spiro atoms. The fraction of sp³-hybridized carbons (Fsp3) is 0.333. The van der Waals surface area contributed by atoms with Gasteiger partial charge in [0.05, 0.1) is 4.75 Å². The van der Waals surface area contributed by atoms with Crippen molar-refractivity contribution >= 4 is 15.8 Å². The molecule has 0 saturated heterocycles. The van der Waals surface area contributed by atoms with E-state index in [9.17, 15) is 8.42 Å². The Kier molecular flexibility index (Phi) is 3.63. The lowest BCUT2D eigenvalue weighted by molar-refractivity contribution is 0.174. The Bertz CT molecular complexity index is 844. The van der Waals surface area contributed by atoms with Gasteiger partial charge in [0.2, 0.25) is 16.8 Å². The van der Waals surface area contributed by atoms with Crippen molar-refractivity contribution in [3.05, 3.63) is 30.6 Å². The summed E-state index contributed by atoms with van der Waals surface area (Å²) in [6.07, 6.45) is 2.95. The van der Waals surface area contributed by atoms with Crippen molar-refractivity contribution in [3.63, 3.8) is 0 Å². The highest BCUT2D eigenvalue weighted by Gasteiger charge is 2.30. The highest BCUT2D eigenvalue weighted by molar-refractivity contribution is 7.94. The zero-order valence-electron chi connectivity index (χ0n) is 13.0. The average molecular weight is 335 g/mol. The van der Waals surface area contributed by atoms with E-state index in [1.54, 1.807) is 39.0 Å². The van der Waals surface area contributed by atoms with Gasteiger partial charge in [-0.15, -0.1) is 0 Å². The largest absolute Gasteiger partial charge is 0.454 e. The van der Waals surface area contributed by atoms with Crippen molar-refractivity contribution < 1.29 is 17.9 Å². The van der Waals surface area contributed by atoms with Crippen LogP contribution in [0.15, 0.2) is 30.6 Å². The summed E-state index contributed by atoms with van der Waals surface area (Å²) in [4.78, 5) is 8.38. The number of fused-ring (bicyclic) bond motifs is 1. The molecule has 1 aromatic heterocycles. The normalized spacial score (nSPS) is 13.9. The van der Waals surface area contributed by atoms with Crippen LogP contribution in [0.2, 0.25) is 0 Å². The Morgan fingerprint density at radius 1 is 1.09 bits per heavy atom. The first-order chi connectivity index (χ1) is 10.8. The number of benzene rings is 1. The summed E-state index contributed by atoms with van der Waals surface area (Å²) in [6.45, 7) is 5.02. The first kappa shape index (κ1) is 15.5. The second-order valence-corrected chi connectivity index (χ2v) is 8.48. The maximum absolute atomic E-state index is 12.4. The number of aromatic nitrogens is 2. The molecule has 23 heavy (non-hydrogen) atoms. The smallest absolute Gasteiger partial charge is 0.238 e. The van der Waals surface area contributed by atoms with Crippen LogP contribution in [0, 0.1) is 0 Å². The van der Waals surface area contributed by atoms with Gasteiger partial charge in [-0.1, -0.05) is 0 Å². The zero-order valence-corrected chi connectivity index (χ0v) is 13.8. The topological polar surface area (TPSA) is 90.4 Å². The molecule has 8 heteroatoms. The third-order valence-corrected chi connectivity index (χ3v) is 5.46. The van der Waals surface area contributed by atoms with Gasteiger partial charge in [0.15, 0.2) is 17.3 Å². The van der Waals surface area contributed by atoms with E-state index < -0.39 is 14.8 Å². The zero-order chi connectivity index (χ0) is 16.7. The van der Waals surface area contributed by atoms with E-state index in [2.05, 4.69) is 14.7 Å². The van der Waals surface area contributed by atoms with Gasteiger partial charge in [-0.2, -0.15) is 0 Å². The van der Waals surface area contributed by atoms with Crippen molar-refractivity contribution in [1.29, 1.82) is 0 Å². The number of hydrogen-bond acceptors (Lipinski definition) is 6. The molecule has 0 saturated carbocycles. The maximum Gasteiger partial charge on any atom is 0.238 e. The number of nitrogens with zero attached hydrogens (tertiary/aromatic N) is 2. The number of sulfonamides is 1. The number of anilines is 1. The summed E-state index contributed by atoms with van der Waals surface area (Å²) in [5, 5.41) is 0. The first-order valence-corrected chi connectivity index (χ1v) is 8.50. The molecular weight excluding hydrogens is 318 g/mol. The lowest BCUT2D eigenvalue weighted by Gasteiger charge is -2.20. The van der Waals surface area contributed by atoms with E-state index in [1.807, 2.05) is 0 Å². The summed E-state index contributed by atoms with van der Waals surface area (Å²) in [6, 6.07) is 5.29. The molecule has 1 aliphatic heterocycles. The van der Waals surface area contributed by atoms with E-state index >= 15 is 0 Å². The Balaban J connectivity index is 2.02. The van der Waals surface area contributed by atoms with Gasteiger partial charge in [0.1, 0.15) is 5.69 Å². The molecule has 0 radical (unpaired) electrons. The molecule has 7 nitrogen and oxygen atoms in total. The van der Waals surface area contributed by atoms with E-state index in [1.165, 1.54) is 12.4 Å². The molecule has 0 aliphatic carbocycles. The van der Waals surface area contributed by atoms with Gasteiger partial charge in [-0.05, 0) is 39.0 Å². The fourth-order valence-electron chi connectivity index (χ4n) is 1.95. The van der Waals surface area contributed by atoms with Crippen LogP contribution < -0.4 is 14.2 Å². The van der Waals surface area contributed by atoms with Crippen molar-refractivity contribution in [2.24, 2.45) is 0 Å². The Morgan fingerprint density at radius 2 is 1.78 bits per heavy atom. The van der Waals surface area contributed by atoms with Crippen LogP contribution in [-0.2, 0) is 10.0 Å². The number of rotatable bonds is 3. The second-order valence-electron chi connectivity index (χ2n) is 6.04. The molecule has 0 atom stereocenters. The summed E-state index contributed by atoms with van der Waals surface area (Å²) < 4.78 is 36.9. The van der Waals surface area contributed by atoms with Crippen molar-refractivity contribution in [1.82, 2.24) is 9.97 Å². The lowest BCUT2D eigenvalue weighted by atomic mass is 10.1. The number of hydrogen-bond donors (Lipinski definition) is 1. The lowest BCUT2D eigenvalue weighted by Crippen LogP contribution is -2.34. The summed E-state index contributed by atoms with van der Waals surface area (Å²) in [7, 11) is -3.60. The molecule has 122 valence electrons. The van der Waals surface area contributed by atoms with Crippen molar-refractivity contribution in [2.45, 2.75) is 25.5 Å². The van der Waals surface area contributed by atoms with Crippen LogP contribution in [0.1, 0.15) is 20.8 Å². The van der Waals surface area contributed by atoms with E-state index in [0.717, 1.165) is 0 Å². The monoisotopic (exact) mass is 335 g/mol. The van der Waals surface area contributed by atoms with Gasteiger partial charge in [-0.3, -0.25) is 9.71 Å². The minimum Gasteiger partial charge on any atom is -0.454 e. The minimum atomic E-state index is -3.60. The number of ether oxygens (including phenoxy) is 2. The molecular formula is C15H17N3O4S. The predicted octanol–water partition coefficient (Wildman–Crippen LogP) is 2.41. The molecule has 1 aromatic carbocycles. The first-order valence-electron chi connectivity index (χ1n) is 7.01. The third kappa shape index (κ3) is 2.94. The van der Waals surface area contributed by atoms with Gasteiger partial charge >= 0.3 is 0 Å². The van der Waals surface area contributed by atoms with Crippen LogP contribution in [-0.4, -0.2) is 29.9 Å². The Hall–Kier alpha value is -2.35. The molecule has 3 rings (SSSR count). The summed E-state index contributed by atoms with van der Waals surface area (Å²) >= 11 is 0. The molecule has 2 aromatic rings. The van der Waals surface area contributed by atoms with E-state index in [0.29, 0.717) is 22.8 Å². The Labute approximate surface area is 134 Å². The van der Waals surface area contributed by atoms with Crippen LogP contribution in [0.4, 0.5) is 5.82 Å². The fourth-order valence-corrected chi connectivity index (χ4v) is 2.66. The van der Waals surface area contributed by atoms with Gasteiger partial charge in [-0.25, -0.2) is 13.4 Å². The highest BCUT2D eigenvalue weighted by Crippen LogP contribution is 2.37. The van der Waals surface area contributed by atoms with Crippen LogP contribution >= 0.6 is 0 Å². The molecule has 0 bridgehead atoms. The van der Waals surface area contributed by atoms with Crippen LogP contribution in [0.3, 0.4) is 0 Å². The minimum absolute atomic E-state index is 0.169. The van der Waals surface area contributed by atoms with Crippen LogP contribution in [0.25, 0.3) is 11.3 Å². The van der Waals surface area contributed by atoms with Gasteiger partial charge < -0.3 is 9.47 Å². The highest BCUT2D eigenvalue weighted by atomic mass is 32.2. The predicted molar refractivity (Wildman–Crippen MR) is 85.9 cm³/mol. The SMILES string of the molecule is CC(C)(C)S(=O)(=O)Nc1nccnc1-c1ccc2c(c1)OCO2. The van der Waals surface area contributed by atoms with Gasteiger partial charge in [0, 0.05) is 18.0 Å². The summed E-state index contributed by atoms with van der Waals surface area (Å²) in [5.41, 5.74) is 1.12. The number of nitrogens with one attached hydrogen (secondary N) is 1. The average Bonchev–Trinajstić information content (AvgIpc) is 2.93. The maximum atomic E-state index is 12.4. The van der Waals surface area contributed by atoms with E-state index in [4.69, 9.17) is 9.47 Å². The molecule has 2 heterocycles. The quantitative estimate of drug-likeness (QED) is 0.926. The molecule has 0 amide bonds. The van der Waals surface area contributed by atoms with E-state index in [-0.39, 0.29) is 12.6 Å². The standard InChI is InChI=1S/C15H17N3O4S/c1-15(2,3)23(19,20)18-14-13(16-6-7-17-14)10-4-5-11-12(8-10)22-9-21-11/h4-8H,9H2,1-3H3,(H,17,18). The molecule has 1 aliphatic rings. The molecule has 1 N–H and O–H groups in total. The van der Waals surface area contributed by atoms with Gasteiger partial charge in [0.25, 0.3) is 0 Å². The van der Waals surface area contributed by atoms with Crippen molar-refractivity contribution in [3.8, 4) is 22.8 Å².